The molecule has 1 saturated carbocycles. The number of carbonyl (C=O) groups is 1. The molecule has 0 unspecified atom stereocenters. The first-order valence-electron chi connectivity index (χ1n) is 5.97. The number of halogens is 1. The average molecular weight is 269 g/mol. The highest BCUT2D eigenvalue weighted by molar-refractivity contribution is 6.32. The van der Waals surface area contributed by atoms with Gasteiger partial charge in [-0.1, -0.05) is 11.6 Å². The molecule has 0 saturated heterocycles. The van der Waals surface area contributed by atoms with E-state index in [4.69, 9.17) is 21.1 Å². The van der Waals surface area contributed by atoms with Crippen LogP contribution in [0.2, 0.25) is 5.02 Å². The van der Waals surface area contributed by atoms with Gasteiger partial charge in [0, 0.05) is 17.0 Å². The maximum Gasteiger partial charge on any atom is 0.314 e. The van der Waals surface area contributed by atoms with Crippen LogP contribution >= 0.6 is 11.6 Å². The molecule has 1 fully saturated rings. The smallest absolute Gasteiger partial charge is 0.314 e. The van der Waals surface area contributed by atoms with E-state index in [-0.39, 0.29) is 0 Å². The topological polar surface area (TPSA) is 55.8 Å². The Bertz CT molecular complexity index is 508. The van der Waals surface area contributed by atoms with Gasteiger partial charge in [0.1, 0.15) is 0 Å². The van der Waals surface area contributed by atoms with Crippen LogP contribution in [0, 0.1) is 0 Å². The molecule has 0 spiro atoms. The molecule has 4 nitrogen and oxygen atoms in total. The monoisotopic (exact) mass is 268 g/mol. The van der Waals surface area contributed by atoms with Gasteiger partial charge in [0.2, 0.25) is 0 Å². The Morgan fingerprint density at radius 3 is 2.67 bits per heavy atom. The number of hydrogen-bond acceptors (Lipinski definition) is 3. The maximum absolute atomic E-state index is 11.5. The largest absolute Gasteiger partial charge is 0.490 e. The van der Waals surface area contributed by atoms with Crippen LogP contribution in [0.15, 0.2) is 12.1 Å². The van der Waals surface area contributed by atoms with Crippen LogP contribution in [0.3, 0.4) is 0 Å². The highest BCUT2D eigenvalue weighted by atomic mass is 35.5. The first-order chi connectivity index (χ1) is 8.65. The van der Waals surface area contributed by atoms with Crippen LogP contribution in [-0.4, -0.2) is 24.3 Å². The van der Waals surface area contributed by atoms with Crippen LogP contribution in [0.5, 0.6) is 11.5 Å². The summed E-state index contributed by atoms with van der Waals surface area (Å²) in [7, 11) is 0. The zero-order valence-electron chi connectivity index (χ0n) is 9.74. The van der Waals surface area contributed by atoms with Gasteiger partial charge in [0.15, 0.2) is 11.5 Å². The zero-order valence-corrected chi connectivity index (χ0v) is 10.5. The lowest BCUT2D eigenvalue weighted by atomic mass is 9.94. The van der Waals surface area contributed by atoms with Crippen LogP contribution in [0.25, 0.3) is 0 Å². The predicted octanol–water partition coefficient (Wildman–Crippen LogP) is 2.62. The summed E-state index contributed by atoms with van der Waals surface area (Å²) in [6, 6.07) is 3.43. The second-order valence-electron chi connectivity index (χ2n) is 4.69. The van der Waals surface area contributed by atoms with Crippen molar-refractivity contribution < 1.29 is 19.4 Å². The number of fused-ring (bicyclic) bond motifs is 1. The summed E-state index contributed by atoms with van der Waals surface area (Å²) in [6.07, 6.45) is 1.98. The molecule has 0 atom stereocenters. The summed E-state index contributed by atoms with van der Waals surface area (Å²) < 4.78 is 11.2. The molecule has 0 radical (unpaired) electrons. The molecule has 5 heteroatoms. The molecule has 18 heavy (non-hydrogen) atoms. The summed E-state index contributed by atoms with van der Waals surface area (Å²) in [6.45, 7) is 1.10. The molecule has 1 N–H and O–H groups in total. The SMILES string of the molecule is O=C(O)C1(c2c(Cl)ccc3c2OCCCO3)CC1. The lowest BCUT2D eigenvalue weighted by Gasteiger charge is -2.18. The van der Waals surface area contributed by atoms with Crippen molar-refractivity contribution in [3.8, 4) is 11.5 Å². The lowest BCUT2D eigenvalue weighted by Crippen LogP contribution is -2.21. The fraction of sp³-hybridized carbons (Fsp3) is 0.462. The molecule has 1 aromatic carbocycles. The predicted molar refractivity (Wildman–Crippen MR) is 65.6 cm³/mol. The van der Waals surface area contributed by atoms with Crippen LogP contribution in [0.4, 0.5) is 0 Å². The van der Waals surface area contributed by atoms with E-state index >= 15 is 0 Å². The van der Waals surface area contributed by atoms with Crippen molar-refractivity contribution in [3.63, 3.8) is 0 Å². The van der Waals surface area contributed by atoms with Crippen molar-refractivity contribution in [1.29, 1.82) is 0 Å². The number of ether oxygens (including phenoxy) is 2. The molecule has 1 aliphatic heterocycles. The summed E-state index contributed by atoms with van der Waals surface area (Å²) in [4.78, 5) is 11.5. The van der Waals surface area contributed by atoms with E-state index in [2.05, 4.69) is 0 Å². The summed E-state index contributed by atoms with van der Waals surface area (Å²) >= 11 is 6.18. The number of benzene rings is 1. The Kier molecular flexibility index (Phi) is 2.63. The molecule has 96 valence electrons. The molecule has 1 heterocycles. The minimum Gasteiger partial charge on any atom is -0.490 e. The van der Waals surface area contributed by atoms with Crippen LogP contribution in [-0.2, 0) is 10.2 Å². The molecule has 1 aromatic rings. The number of rotatable bonds is 2. The van der Waals surface area contributed by atoms with Gasteiger partial charge in [0.25, 0.3) is 0 Å². The Balaban J connectivity index is 2.16. The van der Waals surface area contributed by atoms with E-state index in [0.717, 1.165) is 6.42 Å². The fourth-order valence-electron chi connectivity index (χ4n) is 2.35. The third-order valence-electron chi connectivity index (χ3n) is 3.50. The zero-order chi connectivity index (χ0) is 12.8. The second kappa shape index (κ2) is 4.05. The fourth-order valence-corrected chi connectivity index (χ4v) is 2.68. The van der Waals surface area contributed by atoms with Gasteiger partial charge in [-0.2, -0.15) is 0 Å². The van der Waals surface area contributed by atoms with Crippen molar-refractivity contribution in [1.82, 2.24) is 0 Å². The molecular weight excluding hydrogens is 256 g/mol. The normalized spacial score (nSPS) is 20.1. The van der Waals surface area contributed by atoms with Crippen molar-refractivity contribution >= 4 is 17.6 Å². The van der Waals surface area contributed by atoms with Gasteiger partial charge in [0.05, 0.1) is 18.6 Å². The highest BCUT2D eigenvalue weighted by Gasteiger charge is 2.55. The Labute approximate surface area is 109 Å². The van der Waals surface area contributed by atoms with E-state index in [0.29, 0.717) is 48.1 Å². The number of aliphatic carboxylic acids is 1. The van der Waals surface area contributed by atoms with Crippen molar-refractivity contribution in [2.24, 2.45) is 0 Å². The minimum atomic E-state index is -0.879. The summed E-state index contributed by atoms with van der Waals surface area (Å²) in [5, 5.41) is 9.84. The van der Waals surface area contributed by atoms with Gasteiger partial charge in [-0.25, -0.2) is 0 Å². The van der Waals surface area contributed by atoms with Crippen LogP contribution < -0.4 is 9.47 Å². The molecule has 0 aromatic heterocycles. The van der Waals surface area contributed by atoms with Crippen molar-refractivity contribution in [3.05, 3.63) is 22.7 Å². The maximum atomic E-state index is 11.5. The van der Waals surface area contributed by atoms with Gasteiger partial charge >= 0.3 is 5.97 Å². The van der Waals surface area contributed by atoms with Gasteiger partial charge in [-0.05, 0) is 25.0 Å². The molecule has 0 amide bonds. The molecular formula is C13H13ClO4. The summed E-state index contributed by atoms with van der Waals surface area (Å²) in [5.74, 6) is 0.268. The first-order valence-corrected chi connectivity index (χ1v) is 6.35. The third kappa shape index (κ3) is 1.63. The average Bonchev–Trinajstić information content (AvgIpc) is 3.12. The van der Waals surface area contributed by atoms with Crippen molar-refractivity contribution in [2.75, 3.05) is 13.2 Å². The van der Waals surface area contributed by atoms with Gasteiger partial charge in [-0.3, -0.25) is 4.79 Å². The third-order valence-corrected chi connectivity index (χ3v) is 3.82. The number of carboxylic acid groups (broad SMARTS) is 1. The van der Waals surface area contributed by atoms with E-state index in [9.17, 15) is 9.90 Å². The van der Waals surface area contributed by atoms with Crippen LogP contribution in [0.1, 0.15) is 24.8 Å². The molecule has 3 rings (SSSR count). The number of hydrogen-bond donors (Lipinski definition) is 1. The molecule has 1 aliphatic carbocycles. The van der Waals surface area contributed by atoms with E-state index in [1.807, 2.05) is 0 Å². The molecule has 0 bridgehead atoms. The number of carboxylic acids is 1. The van der Waals surface area contributed by atoms with E-state index in [1.165, 1.54) is 0 Å². The minimum absolute atomic E-state index is 0.444. The van der Waals surface area contributed by atoms with E-state index in [1.54, 1.807) is 12.1 Å². The Morgan fingerprint density at radius 2 is 2.00 bits per heavy atom. The highest BCUT2D eigenvalue weighted by Crippen LogP contribution is 2.56. The Morgan fingerprint density at radius 1 is 1.28 bits per heavy atom. The first kappa shape index (κ1) is 11.7. The lowest BCUT2D eigenvalue weighted by molar-refractivity contribution is -0.140. The van der Waals surface area contributed by atoms with Gasteiger partial charge < -0.3 is 14.6 Å². The Hall–Kier alpha value is -1.42. The standard InChI is InChI=1S/C13H13ClO4/c14-8-2-3-9-11(18-7-1-6-17-9)10(8)13(4-5-13)12(15)16/h2-3H,1,4-7H2,(H,15,16). The quantitative estimate of drug-likeness (QED) is 0.896. The van der Waals surface area contributed by atoms with E-state index < -0.39 is 11.4 Å². The molecule has 2 aliphatic rings. The second-order valence-corrected chi connectivity index (χ2v) is 5.09. The van der Waals surface area contributed by atoms with Crippen molar-refractivity contribution in [2.45, 2.75) is 24.7 Å². The summed E-state index contributed by atoms with van der Waals surface area (Å²) in [5.41, 5.74) is -0.299. The van der Waals surface area contributed by atoms with Gasteiger partial charge in [-0.15, -0.1) is 0 Å².